The van der Waals surface area contributed by atoms with Gasteiger partial charge in [-0.25, -0.2) is 4.39 Å². The molecular formula is C19H22FN5O2S. The van der Waals surface area contributed by atoms with Crippen LogP contribution in [0.4, 0.5) is 4.39 Å². The summed E-state index contributed by atoms with van der Waals surface area (Å²) < 4.78 is 15.7. The Kier molecular flexibility index (Phi) is 5.34. The van der Waals surface area contributed by atoms with Gasteiger partial charge in [0.15, 0.2) is 11.0 Å². The summed E-state index contributed by atoms with van der Waals surface area (Å²) in [5, 5.41) is 8.73. The maximum atomic E-state index is 14.0. The summed E-state index contributed by atoms with van der Waals surface area (Å²) in [6.07, 6.45) is 2.00. The molecule has 9 heteroatoms. The molecule has 0 bridgehead atoms. The number of aromatic nitrogens is 3. The van der Waals surface area contributed by atoms with Crippen LogP contribution in [0.25, 0.3) is 11.4 Å². The minimum absolute atomic E-state index is 0.0129. The zero-order valence-corrected chi connectivity index (χ0v) is 16.5. The van der Waals surface area contributed by atoms with E-state index in [0.717, 1.165) is 12.8 Å². The monoisotopic (exact) mass is 403 g/mol. The minimum Gasteiger partial charge on any atom is -0.339 e. The normalized spacial score (nSPS) is 17.1. The van der Waals surface area contributed by atoms with Crippen molar-refractivity contribution in [2.75, 3.05) is 31.9 Å². The highest BCUT2D eigenvalue weighted by Gasteiger charge is 2.35. The average molecular weight is 403 g/mol. The van der Waals surface area contributed by atoms with Crippen molar-refractivity contribution in [2.24, 2.45) is 13.0 Å². The van der Waals surface area contributed by atoms with Gasteiger partial charge < -0.3 is 14.4 Å². The Morgan fingerprint density at radius 3 is 2.46 bits per heavy atom. The molecule has 0 N–H and O–H groups in total. The number of carbonyl (C=O) groups excluding carboxylic acids is 2. The summed E-state index contributed by atoms with van der Waals surface area (Å²) in [6.45, 7) is 2.34. The van der Waals surface area contributed by atoms with Crippen LogP contribution in [0.1, 0.15) is 12.8 Å². The summed E-state index contributed by atoms with van der Waals surface area (Å²) in [5.41, 5.74) is 0.382. The smallest absolute Gasteiger partial charge is 0.233 e. The van der Waals surface area contributed by atoms with E-state index in [9.17, 15) is 14.0 Å². The third kappa shape index (κ3) is 3.89. The second-order valence-electron chi connectivity index (χ2n) is 7.11. The molecule has 148 valence electrons. The molecule has 1 aliphatic heterocycles. The average Bonchev–Trinajstić information content (AvgIpc) is 3.50. The lowest BCUT2D eigenvalue weighted by Gasteiger charge is -2.34. The lowest BCUT2D eigenvalue weighted by Crippen LogP contribution is -2.51. The highest BCUT2D eigenvalue weighted by Crippen LogP contribution is 2.31. The van der Waals surface area contributed by atoms with E-state index in [-0.39, 0.29) is 29.3 Å². The van der Waals surface area contributed by atoms with Crippen LogP contribution in [-0.2, 0) is 16.6 Å². The molecule has 2 amide bonds. The lowest BCUT2D eigenvalue weighted by atomic mass is 10.2. The van der Waals surface area contributed by atoms with Gasteiger partial charge in [-0.2, -0.15) is 0 Å². The number of nitrogens with zero attached hydrogens (tertiary/aromatic N) is 5. The second kappa shape index (κ2) is 7.90. The third-order valence-electron chi connectivity index (χ3n) is 5.15. The molecule has 1 saturated heterocycles. The number of thioether (sulfide) groups is 1. The topological polar surface area (TPSA) is 71.3 Å². The summed E-state index contributed by atoms with van der Waals surface area (Å²) in [5.74, 6) is 0.780. The van der Waals surface area contributed by atoms with Gasteiger partial charge in [0, 0.05) is 39.1 Å². The van der Waals surface area contributed by atoms with Crippen molar-refractivity contribution in [2.45, 2.75) is 18.0 Å². The molecule has 0 atom stereocenters. The number of hydrogen-bond acceptors (Lipinski definition) is 5. The fourth-order valence-electron chi connectivity index (χ4n) is 3.30. The van der Waals surface area contributed by atoms with E-state index in [1.807, 2.05) is 4.90 Å². The van der Waals surface area contributed by atoms with Gasteiger partial charge in [0.1, 0.15) is 5.82 Å². The van der Waals surface area contributed by atoms with Crippen LogP contribution in [0.3, 0.4) is 0 Å². The first-order valence-electron chi connectivity index (χ1n) is 9.38. The number of rotatable bonds is 5. The molecular weight excluding hydrogens is 381 g/mol. The van der Waals surface area contributed by atoms with E-state index in [1.54, 1.807) is 34.7 Å². The molecule has 1 aromatic heterocycles. The van der Waals surface area contributed by atoms with Crippen molar-refractivity contribution in [1.82, 2.24) is 24.6 Å². The summed E-state index contributed by atoms with van der Waals surface area (Å²) in [4.78, 5) is 28.3. The van der Waals surface area contributed by atoms with E-state index in [4.69, 9.17) is 0 Å². The number of hydrogen-bond donors (Lipinski definition) is 0. The Labute approximate surface area is 166 Å². The number of amides is 2. The first-order chi connectivity index (χ1) is 13.5. The molecule has 0 radical (unpaired) electrons. The fraction of sp³-hybridized carbons (Fsp3) is 0.474. The first-order valence-corrected chi connectivity index (χ1v) is 10.4. The number of carbonyl (C=O) groups is 2. The Morgan fingerprint density at radius 1 is 1.11 bits per heavy atom. The summed E-state index contributed by atoms with van der Waals surface area (Å²) >= 11 is 1.29. The van der Waals surface area contributed by atoms with Crippen molar-refractivity contribution in [1.29, 1.82) is 0 Å². The highest BCUT2D eigenvalue weighted by atomic mass is 32.2. The fourth-order valence-corrected chi connectivity index (χ4v) is 4.11. The number of benzene rings is 1. The molecule has 1 aromatic carbocycles. The predicted octanol–water partition coefficient (Wildman–Crippen LogP) is 1.79. The molecule has 2 aromatic rings. The van der Waals surface area contributed by atoms with E-state index in [0.29, 0.717) is 42.7 Å². The minimum atomic E-state index is -0.357. The quantitative estimate of drug-likeness (QED) is 0.712. The molecule has 4 rings (SSSR count). The van der Waals surface area contributed by atoms with Crippen LogP contribution in [0.15, 0.2) is 29.4 Å². The number of piperazine rings is 1. The Bertz CT molecular complexity index is 890. The zero-order chi connectivity index (χ0) is 19.7. The van der Waals surface area contributed by atoms with Gasteiger partial charge >= 0.3 is 0 Å². The van der Waals surface area contributed by atoms with Crippen LogP contribution in [0.2, 0.25) is 0 Å². The van der Waals surface area contributed by atoms with E-state index >= 15 is 0 Å². The van der Waals surface area contributed by atoms with Crippen molar-refractivity contribution in [3.05, 3.63) is 30.1 Å². The van der Waals surface area contributed by atoms with Crippen LogP contribution in [-0.4, -0.2) is 68.3 Å². The van der Waals surface area contributed by atoms with E-state index in [2.05, 4.69) is 10.2 Å². The largest absolute Gasteiger partial charge is 0.339 e. The Morgan fingerprint density at radius 2 is 1.79 bits per heavy atom. The van der Waals surface area contributed by atoms with Gasteiger partial charge in [-0.05, 0) is 25.0 Å². The van der Waals surface area contributed by atoms with Crippen LogP contribution in [0.5, 0.6) is 0 Å². The van der Waals surface area contributed by atoms with Crippen molar-refractivity contribution >= 4 is 23.6 Å². The molecule has 28 heavy (non-hydrogen) atoms. The molecule has 2 aliphatic rings. The molecule has 0 unspecified atom stereocenters. The van der Waals surface area contributed by atoms with Crippen LogP contribution < -0.4 is 0 Å². The molecule has 7 nitrogen and oxygen atoms in total. The molecule has 2 heterocycles. The summed E-state index contributed by atoms with van der Waals surface area (Å²) in [7, 11) is 1.76. The van der Waals surface area contributed by atoms with Crippen molar-refractivity contribution in [3.63, 3.8) is 0 Å². The Hall–Kier alpha value is -2.42. The third-order valence-corrected chi connectivity index (χ3v) is 6.15. The zero-order valence-electron chi connectivity index (χ0n) is 15.7. The second-order valence-corrected chi connectivity index (χ2v) is 8.06. The van der Waals surface area contributed by atoms with Crippen molar-refractivity contribution < 1.29 is 14.0 Å². The molecule has 1 aliphatic carbocycles. The van der Waals surface area contributed by atoms with Crippen LogP contribution in [0, 0.1) is 11.7 Å². The van der Waals surface area contributed by atoms with Crippen molar-refractivity contribution in [3.8, 4) is 11.4 Å². The van der Waals surface area contributed by atoms with Gasteiger partial charge in [-0.3, -0.25) is 9.59 Å². The molecule has 2 fully saturated rings. The molecule has 1 saturated carbocycles. The van der Waals surface area contributed by atoms with Gasteiger partial charge in [-0.15, -0.1) is 10.2 Å². The Balaban J connectivity index is 1.32. The van der Waals surface area contributed by atoms with E-state index < -0.39 is 0 Å². The molecule has 0 spiro atoms. The maximum absolute atomic E-state index is 14.0. The SMILES string of the molecule is Cn1c(SCC(=O)N2CCN(C(=O)C3CC3)CC2)nnc1-c1ccccc1F. The van der Waals surface area contributed by atoms with Gasteiger partial charge in [0.05, 0.1) is 11.3 Å². The van der Waals surface area contributed by atoms with Gasteiger partial charge in [0.25, 0.3) is 0 Å². The van der Waals surface area contributed by atoms with Crippen LogP contribution >= 0.6 is 11.8 Å². The van der Waals surface area contributed by atoms with Gasteiger partial charge in [-0.1, -0.05) is 23.9 Å². The maximum Gasteiger partial charge on any atom is 0.233 e. The summed E-state index contributed by atoms with van der Waals surface area (Å²) in [6, 6.07) is 6.41. The lowest BCUT2D eigenvalue weighted by molar-refractivity contribution is -0.139. The standard InChI is InChI=1S/C19H22FN5O2S/c1-23-17(14-4-2-3-5-15(14)20)21-22-19(23)28-12-16(26)24-8-10-25(11-9-24)18(27)13-6-7-13/h2-5,13H,6-12H2,1H3. The number of halogens is 1. The highest BCUT2D eigenvalue weighted by molar-refractivity contribution is 7.99. The van der Waals surface area contributed by atoms with E-state index in [1.165, 1.54) is 17.8 Å². The van der Waals surface area contributed by atoms with Gasteiger partial charge in [0.2, 0.25) is 11.8 Å². The predicted molar refractivity (Wildman–Crippen MR) is 103 cm³/mol. The first kappa shape index (κ1) is 18.9.